The molecule has 2 N–H and O–H groups in total. The van der Waals surface area contributed by atoms with Crippen molar-refractivity contribution >= 4 is 6.09 Å². The van der Waals surface area contributed by atoms with Gasteiger partial charge in [0.2, 0.25) is 0 Å². The van der Waals surface area contributed by atoms with Crippen molar-refractivity contribution in [1.82, 2.24) is 5.32 Å². The van der Waals surface area contributed by atoms with Crippen molar-refractivity contribution in [2.45, 2.75) is 33.7 Å². The Kier molecular flexibility index (Phi) is 2.69. The zero-order valence-electron chi connectivity index (χ0n) is 6.93. The summed E-state index contributed by atoms with van der Waals surface area (Å²) in [4.78, 5) is 10.1. The standard InChI is InChI=1S/C7H15NO2/c1-5(7(2,3)4)8-6(9)10/h5,8H,1-4H3,(H,9,10). The minimum Gasteiger partial charge on any atom is -0.465 e. The lowest BCUT2D eigenvalue weighted by molar-refractivity contribution is 0.178. The zero-order valence-corrected chi connectivity index (χ0v) is 6.93. The van der Waals surface area contributed by atoms with Gasteiger partial charge in [0.25, 0.3) is 0 Å². The van der Waals surface area contributed by atoms with Crippen LogP contribution in [0.4, 0.5) is 4.79 Å². The molecule has 0 saturated carbocycles. The van der Waals surface area contributed by atoms with Gasteiger partial charge in [-0.15, -0.1) is 0 Å². The summed E-state index contributed by atoms with van der Waals surface area (Å²) >= 11 is 0. The van der Waals surface area contributed by atoms with Crippen LogP contribution in [0.1, 0.15) is 27.7 Å². The number of hydrogen-bond acceptors (Lipinski definition) is 1. The Morgan fingerprint density at radius 1 is 1.50 bits per heavy atom. The van der Waals surface area contributed by atoms with E-state index < -0.39 is 6.09 Å². The molecule has 0 aromatic rings. The molecule has 0 aromatic heterocycles. The van der Waals surface area contributed by atoms with E-state index >= 15 is 0 Å². The molecule has 0 aromatic carbocycles. The third-order valence-electron chi connectivity index (χ3n) is 1.64. The Bertz CT molecular complexity index is 126. The monoisotopic (exact) mass is 145 g/mol. The van der Waals surface area contributed by atoms with Crippen molar-refractivity contribution in [2.24, 2.45) is 5.41 Å². The summed E-state index contributed by atoms with van der Waals surface area (Å²) in [6, 6.07) is -0.00926. The lowest BCUT2D eigenvalue weighted by Crippen LogP contribution is -2.40. The van der Waals surface area contributed by atoms with E-state index in [1.54, 1.807) is 0 Å². The van der Waals surface area contributed by atoms with E-state index in [9.17, 15) is 4.79 Å². The molecule has 0 saturated heterocycles. The van der Waals surface area contributed by atoms with Gasteiger partial charge in [0, 0.05) is 6.04 Å². The van der Waals surface area contributed by atoms with E-state index in [0.717, 1.165) is 0 Å². The number of rotatable bonds is 1. The van der Waals surface area contributed by atoms with Crippen molar-refractivity contribution in [3.8, 4) is 0 Å². The van der Waals surface area contributed by atoms with Crippen molar-refractivity contribution in [2.75, 3.05) is 0 Å². The molecular weight excluding hydrogens is 130 g/mol. The molecule has 0 spiro atoms. The molecule has 1 amide bonds. The molecule has 3 heteroatoms. The average molecular weight is 145 g/mol. The second-order valence-electron chi connectivity index (χ2n) is 3.54. The molecule has 0 rings (SSSR count). The largest absolute Gasteiger partial charge is 0.465 e. The number of hydrogen-bond donors (Lipinski definition) is 2. The van der Waals surface area contributed by atoms with Gasteiger partial charge in [-0.1, -0.05) is 20.8 Å². The van der Waals surface area contributed by atoms with Crippen molar-refractivity contribution in [3.63, 3.8) is 0 Å². The maximum atomic E-state index is 10.1. The maximum absolute atomic E-state index is 10.1. The molecule has 0 aliphatic heterocycles. The normalized spacial score (nSPS) is 14.4. The van der Waals surface area contributed by atoms with E-state index in [2.05, 4.69) is 5.32 Å². The predicted octanol–water partition coefficient (Wildman–Crippen LogP) is 1.69. The minimum atomic E-state index is -0.956. The highest BCUT2D eigenvalue weighted by Crippen LogP contribution is 2.17. The summed E-state index contributed by atoms with van der Waals surface area (Å²) in [5.74, 6) is 0. The van der Waals surface area contributed by atoms with Crippen LogP contribution in [-0.2, 0) is 0 Å². The summed E-state index contributed by atoms with van der Waals surface area (Å²) in [7, 11) is 0. The number of nitrogens with one attached hydrogen (secondary N) is 1. The van der Waals surface area contributed by atoms with Crippen LogP contribution < -0.4 is 5.32 Å². The lowest BCUT2D eigenvalue weighted by atomic mass is 9.88. The highest BCUT2D eigenvalue weighted by molar-refractivity contribution is 5.64. The molecule has 0 aliphatic rings. The van der Waals surface area contributed by atoms with Gasteiger partial charge in [0.1, 0.15) is 0 Å². The van der Waals surface area contributed by atoms with E-state index in [1.807, 2.05) is 27.7 Å². The third kappa shape index (κ3) is 3.33. The summed E-state index contributed by atoms with van der Waals surface area (Å²) in [5, 5.41) is 10.7. The molecule has 0 fully saturated rings. The van der Waals surface area contributed by atoms with Crippen LogP contribution in [0.5, 0.6) is 0 Å². The number of carboxylic acid groups (broad SMARTS) is 1. The quantitative estimate of drug-likeness (QED) is 0.589. The first-order chi connectivity index (χ1) is 4.34. The number of carbonyl (C=O) groups is 1. The molecule has 3 nitrogen and oxygen atoms in total. The first-order valence-corrected chi connectivity index (χ1v) is 3.33. The zero-order chi connectivity index (χ0) is 8.36. The van der Waals surface area contributed by atoms with Crippen LogP contribution in [0.2, 0.25) is 0 Å². The lowest BCUT2D eigenvalue weighted by Gasteiger charge is -2.26. The first-order valence-electron chi connectivity index (χ1n) is 3.33. The van der Waals surface area contributed by atoms with E-state index in [0.29, 0.717) is 0 Å². The Morgan fingerprint density at radius 3 is 2.00 bits per heavy atom. The Morgan fingerprint density at radius 2 is 1.90 bits per heavy atom. The number of amides is 1. The van der Waals surface area contributed by atoms with E-state index in [-0.39, 0.29) is 11.5 Å². The summed E-state index contributed by atoms with van der Waals surface area (Å²) in [6.07, 6.45) is -0.956. The van der Waals surface area contributed by atoms with Gasteiger partial charge in [0.05, 0.1) is 0 Å². The summed E-state index contributed by atoms with van der Waals surface area (Å²) in [6.45, 7) is 7.84. The Labute approximate surface area is 61.4 Å². The molecule has 0 aliphatic carbocycles. The molecule has 60 valence electrons. The fourth-order valence-electron chi connectivity index (χ4n) is 0.402. The van der Waals surface area contributed by atoms with Crippen LogP contribution in [0.15, 0.2) is 0 Å². The third-order valence-corrected chi connectivity index (χ3v) is 1.64. The van der Waals surface area contributed by atoms with E-state index in [4.69, 9.17) is 5.11 Å². The van der Waals surface area contributed by atoms with Crippen LogP contribution in [0.3, 0.4) is 0 Å². The van der Waals surface area contributed by atoms with Crippen LogP contribution in [-0.4, -0.2) is 17.2 Å². The molecule has 10 heavy (non-hydrogen) atoms. The second kappa shape index (κ2) is 2.90. The molecule has 1 unspecified atom stereocenters. The molecule has 0 radical (unpaired) electrons. The topological polar surface area (TPSA) is 49.3 Å². The van der Waals surface area contributed by atoms with Gasteiger partial charge < -0.3 is 10.4 Å². The van der Waals surface area contributed by atoms with Gasteiger partial charge in [-0.3, -0.25) is 0 Å². The summed E-state index contributed by atoms with van der Waals surface area (Å²) in [5.41, 5.74) is -0.00160. The fourth-order valence-corrected chi connectivity index (χ4v) is 0.402. The van der Waals surface area contributed by atoms with Crippen LogP contribution >= 0.6 is 0 Å². The van der Waals surface area contributed by atoms with Gasteiger partial charge in [-0.25, -0.2) is 4.79 Å². The molecule has 1 atom stereocenters. The highest BCUT2D eigenvalue weighted by Gasteiger charge is 2.20. The second-order valence-corrected chi connectivity index (χ2v) is 3.54. The maximum Gasteiger partial charge on any atom is 0.404 e. The molecular formula is C7H15NO2. The van der Waals surface area contributed by atoms with Gasteiger partial charge >= 0.3 is 6.09 Å². The van der Waals surface area contributed by atoms with Crippen molar-refractivity contribution in [3.05, 3.63) is 0 Å². The average Bonchev–Trinajstić information content (AvgIpc) is 1.60. The van der Waals surface area contributed by atoms with Gasteiger partial charge in [-0.05, 0) is 12.3 Å². The Hall–Kier alpha value is -0.730. The summed E-state index contributed by atoms with van der Waals surface area (Å²) < 4.78 is 0. The Balaban J connectivity index is 3.85. The minimum absolute atomic E-state index is 0.00160. The van der Waals surface area contributed by atoms with Crippen molar-refractivity contribution in [1.29, 1.82) is 0 Å². The van der Waals surface area contributed by atoms with Crippen LogP contribution in [0.25, 0.3) is 0 Å². The fraction of sp³-hybridized carbons (Fsp3) is 0.857. The highest BCUT2D eigenvalue weighted by atomic mass is 16.4. The van der Waals surface area contributed by atoms with Gasteiger partial charge in [0.15, 0.2) is 0 Å². The smallest absolute Gasteiger partial charge is 0.404 e. The molecule has 0 heterocycles. The van der Waals surface area contributed by atoms with E-state index in [1.165, 1.54) is 0 Å². The van der Waals surface area contributed by atoms with Gasteiger partial charge in [-0.2, -0.15) is 0 Å². The van der Waals surface area contributed by atoms with Crippen molar-refractivity contribution < 1.29 is 9.90 Å². The first kappa shape index (κ1) is 9.27. The SMILES string of the molecule is CC(NC(=O)O)C(C)(C)C. The molecule has 0 bridgehead atoms. The van der Waals surface area contributed by atoms with Crippen LogP contribution in [0, 0.1) is 5.41 Å². The predicted molar refractivity (Wildman–Crippen MR) is 40.1 cm³/mol.